The molecule has 0 unspecified atom stereocenters. The fraction of sp³-hybridized carbons (Fsp3) is 0.571. The highest BCUT2D eigenvalue weighted by atomic mass is 16.7. The molecule has 0 amide bonds. The smallest absolute Gasteiger partial charge is 0.434 e. The zero-order valence-corrected chi connectivity index (χ0v) is 11.2. The molecule has 4 nitrogen and oxygen atoms in total. The van der Waals surface area contributed by atoms with Crippen LogP contribution in [0, 0.1) is 13.8 Å². The molecule has 1 aromatic rings. The van der Waals surface area contributed by atoms with Crippen molar-refractivity contribution in [3.63, 3.8) is 0 Å². The van der Waals surface area contributed by atoms with E-state index in [1.807, 2.05) is 6.92 Å². The maximum absolute atomic E-state index is 11.4. The first-order valence-corrected chi connectivity index (χ1v) is 6.47. The molecule has 0 N–H and O–H groups in total. The Balaban J connectivity index is 2.35. The first-order chi connectivity index (χ1) is 8.63. The molecule has 0 bridgehead atoms. The van der Waals surface area contributed by atoms with Gasteiger partial charge in [-0.1, -0.05) is 0 Å². The van der Waals surface area contributed by atoms with Gasteiger partial charge in [-0.15, -0.1) is 0 Å². The second kappa shape index (κ2) is 5.38. The zero-order chi connectivity index (χ0) is 13.1. The summed E-state index contributed by atoms with van der Waals surface area (Å²) in [4.78, 5) is 15.8. The summed E-state index contributed by atoms with van der Waals surface area (Å²) in [5.74, 6) is 0.436. The van der Waals surface area contributed by atoms with Crippen molar-refractivity contribution in [2.24, 2.45) is 0 Å². The number of aryl methyl sites for hydroxylation is 1. The van der Waals surface area contributed by atoms with Crippen molar-refractivity contribution in [3.8, 4) is 5.88 Å². The second-order valence-corrected chi connectivity index (χ2v) is 4.58. The van der Waals surface area contributed by atoms with Gasteiger partial charge in [-0.3, -0.25) is 0 Å². The van der Waals surface area contributed by atoms with Gasteiger partial charge in [0.25, 0.3) is 0 Å². The van der Waals surface area contributed by atoms with E-state index < -0.39 is 6.16 Å². The molecule has 1 aliphatic rings. The number of hydrogen-bond acceptors (Lipinski definition) is 4. The van der Waals surface area contributed by atoms with Gasteiger partial charge in [0.1, 0.15) is 0 Å². The quantitative estimate of drug-likeness (QED) is 0.756. The molecule has 2 rings (SSSR count). The zero-order valence-electron chi connectivity index (χ0n) is 11.2. The highest BCUT2D eigenvalue weighted by molar-refractivity contribution is 5.64. The Bertz CT molecular complexity index is 469. The van der Waals surface area contributed by atoms with E-state index in [-0.39, 0.29) is 0 Å². The van der Waals surface area contributed by atoms with E-state index in [4.69, 9.17) is 9.47 Å². The van der Waals surface area contributed by atoms with Gasteiger partial charge in [0.05, 0.1) is 6.61 Å². The number of carbonyl (C=O) groups is 1. The van der Waals surface area contributed by atoms with Crippen LogP contribution in [0.1, 0.15) is 42.1 Å². The Labute approximate surface area is 107 Å². The van der Waals surface area contributed by atoms with Crippen molar-refractivity contribution in [1.82, 2.24) is 4.98 Å². The minimum absolute atomic E-state index is 0.311. The van der Waals surface area contributed by atoms with Crippen LogP contribution in [0.25, 0.3) is 0 Å². The van der Waals surface area contributed by atoms with E-state index in [0.29, 0.717) is 12.5 Å². The van der Waals surface area contributed by atoms with Crippen LogP contribution in [-0.2, 0) is 17.6 Å². The highest BCUT2D eigenvalue weighted by Gasteiger charge is 2.21. The van der Waals surface area contributed by atoms with Crippen molar-refractivity contribution in [1.29, 1.82) is 0 Å². The molecule has 1 aliphatic carbocycles. The first-order valence-electron chi connectivity index (χ1n) is 6.47. The van der Waals surface area contributed by atoms with Crippen LogP contribution in [0.15, 0.2) is 0 Å². The van der Waals surface area contributed by atoms with Gasteiger partial charge in [-0.05, 0) is 57.6 Å². The molecule has 18 heavy (non-hydrogen) atoms. The fourth-order valence-electron chi connectivity index (χ4n) is 2.39. The summed E-state index contributed by atoms with van der Waals surface area (Å²) < 4.78 is 10.0. The van der Waals surface area contributed by atoms with Crippen LogP contribution in [0.2, 0.25) is 0 Å². The average Bonchev–Trinajstić information content (AvgIpc) is 2.36. The minimum Gasteiger partial charge on any atom is -0.434 e. The van der Waals surface area contributed by atoms with E-state index in [0.717, 1.165) is 30.5 Å². The van der Waals surface area contributed by atoms with E-state index in [2.05, 4.69) is 11.9 Å². The van der Waals surface area contributed by atoms with Crippen molar-refractivity contribution >= 4 is 6.16 Å². The van der Waals surface area contributed by atoms with E-state index in [1.165, 1.54) is 17.5 Å². The van der Waals surface area contributed by atoms with Crippen LogP contribution in [0.3, 0.4) is 0 Å². The molecule has 0 spiro atoms. The molecule has 0 saturated carbocycles. The van der Waals surface area contributed by atoms with E-state index >= 15 is 0 Å². The Morgan fingerprint density at radius 1 is 1.22 bits per heavy atom. The third kappa shape index (κ3) is 2.47. The summed E-state index contributed by atoms with van der Waals surface area (Å²) in [6, 6.07) is 0. The Morgan fingerprint density at radius 2 is 1.89 bits per heavy atom. The standard InChI is InChI=1S/C14H19NO3/c1-4-17-14(16)18-13-12-8-6-5-7-11(12)9(2)10(3)15-13/h4-8H2,1-3H3. The Morgan fingerprint density at radius 3 is 2.56 bits per heavy atom. The number of hydrogen-bond donors (Lipinski definition) is 0. The summed E-state index contributed by atoms with van der Waals surface area (Å²) in [6.07, 6.45) is 3.62. The monoisotopic (exact) mass is 249 g/mol. The summed E-state index contributed by atoms with van der Waals surface area (Å²) in [7, 11) is 0. The SMILES string of the molecule is CCOC(=O)Oc1nc(C)c(C)c2c1CCCC2. The van der Waals surface area contributed by atoms with Crippen molar-refractivity contribution < 1.29 is 14.3 Å². The first kappa shape index (κ1) is 12.9. The molecular formula is C14H19NO3. The molecular weight excluding hydrogens is 230 g/mol. The van der Waals surface area contributed by atoms with Gasteiger partial charge in [-0.2, -0.15) is 0 Å². The molecule has 0 atom stereocenters. The molecule has 0 aromatic carbocycles. The van der Waals surface area contributed by atoms with Crippen molar-refractivity contribution in [3.05, 3.63) is 22.4 Å². The topological polar surface area (TPSA) is 48.4 Å². The third-order valence-electron chi connectivity index (χ3n) is 3.43. The van der Waals surface area contributed by atoms with Gasteiger partial charge in [0, 0.05) is 11.3 Å². The summed E-state index contributed by atoms with van der Waals surface area (Å²) in [5.41, 5.74) is 4.53. The lowest BCUT2D eigenvalue weighted by atomic mass is 9.89. The normalized spacial score (nSPS) is 13.9. The predicted octanol–water partition coefficient (Wildman–Crippen LogP) is 3.11. The predicted molar refractivity (Wildman–Crippen MR) is 68.0 cm³/mol. The summed E-state index contributed by atoms with van der Waals surface area (Å²) in [6.45, 7) is 6.10. The van der Waals surface area contributed by atoms with Gasteiger partial charge in [0.15, 0.2) is 0 Å². The van der Waals surface area contributed by atoms with Crippen molar-refractivity contribution in [2.45, 2.75) is 46.5 Å². The molecule has 4 heteroatoms. The van der Waals surface area contributed by atoms with Gasteiger partial charge >= 0.3 is 6.16 Å². The van der Waals surface area contributed by atoms with Crippen LogP contribution >= 0.6 is 0 Å². The molecule has 0 radical (unpaired) electrons. The van der Waals surface area contributed by atoms with Crippen LogP contribution < -0.4 is 4.74 Å². The average molecular weight is 249 g/mol. The molecule has 98 valence electrons. The Hall–Kier alpha value is -1.58. The minimum atomic E-state index is -0.666. The second-order valence-electron chi connectivity index (χ2n) is 4.58. The maximum atomic E-state index is 11.4. The van der Waals surface area contributed by atoms with E-state index in [9.17, 15) is 4.79 Å². The maximum Gasteiger partial charge on any atom is 0.515 e. The van der Waals surface area contributed by atoms with Crippen LogP contribution in [0.5, 0.6) is 5.88 Å². The lowest BCUT2D eigenvalue weighted by Gasteiger charge is -2.21. The number of aromatic nitrogens is 1. The molecule has 0 saturated heterocycles. The largest absolute Gasteiger partial charge is 0.515 e. The number of nitrogens with zero attached hydrogens (tertiary/aromatic N) is 1. The van der Waals surface area contributed by atoms with Gasteiger partial charge in [-0.25, -0.2) is 9.78 Å². The van der Waals surface area contributed by atoms with Gasteiger partial charge < -0.3 is 9.47 Å². The van der Waals surface area contributed by atoms with Crippen LogP contribution in [-0.4, -0.2) is 17.7 Å². The molecule has 0 aliphatic heterocycles. The number of carbonyl (C=O) groups excluding carboxylic acids is 1. The molecule has 0 fully saturated rings. The lowest BCUT2D eigenvalue weighted by molar-refractivity contribution is 0.102. The Kier molecular flexibility index (Phi) is 3.84. The fourth-order valence-corrected chi connectivity index (χ4v) is 2.39. The van der Waals surface area contributed by atoms with Crippen molar-refractivity contribution in [2.75, 3.05) is 6.61 Å². The number of ether oxygens (including phenoxy) is 2. The summed E-state index contributed by atoms with van der Waals surface area (Å²) in [5, 5.41) is 0. The highest BCUT2D eigenvalue weighted by Crippen LogP contribution is 2.31. The summed E-state index contributed by atoms with van der Waals surface area (Å²) >= 11 is 0. The number of fused-ring (bicyclic) bond motifs is 1. The van der Waals surface area contributed by atoms with E-state index in [1.54, 1.807) is 6.92 Å². The van der Waals surface area contributed by atoms with Gasteiger partial charge in [0.2, 0.25) is 5.88 Å². The van der Waals surface area contributed by atoms with Crippen LogP contribution in [0.4, 0.5) is 4.79 Å². The number of pyridine rings is 1. The third-order valence-corrected chi connectivity index (χ3v) is 3.43. The molecule has 1 heterocycles. The molecule has 1 aromatic heterocycles. The number of rotatable bonds is 2. The lowest BCUT2D eigenvalue weighted by Crippen LogP contribution is -2.16.